The molecule has 0 saturated heterocycles. The second-order valence-corrected chi connectivity index (χ2v) is 5.04. The Kier molecular flexibility index (Phi) is 3.67. The number of aromatic nitrogens is 1. The molecule has 0 atom stereocenters. The molecule has 2 heterocycles. The van der Waals surface area contributed by atoms with Gasteiger partial charge in [0.1, 0.15) is 17.5 Å². The Hall–Kier alpha value is -1.58. The van der Waals surface area contributed by atoms with Crippen LogP contribution in [0.5, 0.6) is 5.75 Å². The van der Waals surface area contributed by atoms with Gasteiger partial charge in [-0.25, -0.2) is 4.98 Å². The molecule has 0 unspecified atom stereocenters. The molecule has 0 bridgehead atoms. The molecule has 0 N–H and O–H groups in total. The van der Waals surface area contributed by atoms with Crippen LogP contribution in [0.25, 0.3) is 0 Å². The van der Waals surface area contributed by atoms with Crippen molar-refractivity contribution in [2.24, 2.45) is 0 Å². The van der Waals surface area contributed by atoms with Crippen LogP contribution in [0.4, 0.5) is 0 Å². The van der Waals surface area contributed by atoms with Gasteiger partial charge in [0.05, 0.1) is 0 Å². The summed E-state index contributed by atoms with van der Waals surface area (Å²) >= 11 is 5.80. The Morgan fingerprint density at radius 1 is 1.21 bits per heavy atom. The average Bonchev–Trinajstić information content (AvgIpc) is 2.63. The van der Waals surface area contributed by atoms with Crippen molar-refractivity contribution in [1.29, 1.82) is 0 Å². The van der Waals surface area contributed by atoms with Gasteiger partial charge in [-0.1, -0.05) is 35.9 Å². The van der Waals surface area contributed by atoms with Crippen LogP contribution in [0, 0.1) is 0 Å². The molecular formula is C15H15ClN2O. The SMILES string of the molecule is Clc1ccc(CN2CCOc3ccccc3C2)cn1. The molecule has 1 aromatic carbocycles. The lowest BCUT2D eigenvalue weighted by atomic mass is 10.2. The first-order valence-electron chi connectivity index (χ1n) is 6.35. The minimum atomic E-state index is 0.535. The third kappa shape index (κ3) is 3.06. The summed E-state index contributed by atoms with van der Waals surface area (Å²) < 4.78 is 5.76. The number of hydrogen-bond acceptors (Lipinski definition) is 3. The van der Waals surface area contributed by atoms with Crippen molar-refractivity contribution in [3.63, 3.8) is 0 Å². The molecule has 2 aromatic rings. The van der Waals surface area contributed by atoms with E-state index in [1.807, 2.05) is 30.5 Å². The van der Waals surface area contributed by atoms with Crippen molar-refractivity contribution in [1.82, 2.24) is 9.88 Å². The summed E-state index contributed by atoms with van der Waals surface area (Å²) in [6.07, 6.45) is 1.83. The lowest BCUT2D eigenvalue weighted by molar-refractivity contribution is 0.219. The molecule has 0 fully saturated rings. The van der Waals surface area contributed by atoms with Crippen LogP contribution in [0.1, 0.15) is 11.1 Å². The van der Waals surface area contributed by atoms with Crippen LogP contribution in [0.15, 0.2) is 42.6 Å². The average molecular weight is 275 g/mol. The molecule has 98 valence electrons. The maximum atomic E-state index is 5.80. The van der Waals surface area contributed by atoms with Gasteiger partial charge < -0.3 is 4.74 Å². The lowest BCUT2D eigenvalue weighted by Gasteiger charge is -2.19. The number of halogens is 1. The van der Waals surface area contributed by atoms with Gasteiger partial charge in [0.15, 0.2) is 0 Å². The number of ether oxygens (including phenoxy) is 1. The van der Waals surface area contributed by atoms with E-state index in [9.17, 15) is 0 Å². The molecule has 1 aliphatic heterocycles. The van der Waals surface area contributed by atoms with Gasteiger partial charge in [0.2, 0.25) is 0 Å². The predicted molar refractivity (Wildman–Crippen MR) is 75.3 cm³/mol. The smallest absolute Gasteiger partial charge is 0.129 e. The highest BCUT2D eigenvalue weighted by Crippen LogP contribution is 2.23. The van der Waals surface area contributed by atoms with Gasteiger partial charge >= 0.3 is 0 Å². The number of para-hydroxylation sites is 1. The summed E-state index contributed by atoms with van der Waals surface area (Å²) in [4.78, 5) is 6.48. The highest BCUT2D eigenvalue weighted by molar-refractivity contribution is 6.29. The summed E-state index contributed by atoms with van der Waals surface area (Å²) in [7, 11) is 0. The second kappa shape index (κ2) is 5.59. The molecule has 4 heteroatoms. The van der Waals surface area contributed by atoms with Crippen molar-refractivity contribution in [2.45, 2.75) is 13.1 Å². The van der Waals surface area contributed by atoms with Crippen molar-refractivity contribution >= 4 is 11.6 Å². The zero-order valence-corrected chi connectivity index (χ0v) is 11.3. The van der Waals surface area contributed by atoms with Crippen LogP contribution in [-0.4, -0.2) is 23.0 Å². The van der Waals surface area contributed by atoms with Gasteiger partial charge in [-0.2, -0.15) is 0 Å². The fourth-order valence-electron chi connectivity index (χ4n) is 2.27. The standard InChI is InChI=1S/C15H15ClN2O/c16-15-6-5-12(9-17-15)10-18-7-8-19-14-4-2-1-3-13(14)11-18/h1-6,9H,7-8,10-11H2. The van der Waals surface area contributed by atoms with Crippen LogP contribution >= 0.6 is 11.6 Å². The molecule has 1 aliphatic rings. The van der Waals surface area contributed by atoms with Gasteiger partial charge in [-0.3, -0.25) is 4.90 Å². The largest absolute Gasteiger partial charge is 0.492 e. The van der Waals surface area contributed by atoms with Crippen LogP contribution in [0.3, 0.4) is 0 Å². The molecule has 3 nitrogen and oxygen atoms in total. The Bertz CT molecular complexity index is 556. The van der Waals surface area contributed by atoms with Gasteiger partial charge in [0, 0.05) is 31.4 Å². The topological polar surface area (TPSA) is 25.4 Å². The van der Waals surface area contributed by atoms with E-state index in [2.05, 4.69) is 22.0 Å². The van der Waals surface area contributed by atoms with Gasteiger partial charge in [0.25, 0.3) is 0 Å². The number of pyridine rings is 1. The minimum Gasteiger partial charge on any atom is -0.492 e. The van der Waals surface area contributed by atoms with Crippen molar-refractivity contribution < 1.29 is 4.74 Å². The maximum absolute atomic E-state index is 5.80. The van der Waals surface area contributed by atoms with Crippen LogP contribution < -0.4 is 4.74 Å². The molecule has 19 heavy (non-hydrogen) atoms. The molecular weight excluding hydrogens is 260 g/mol. The fourth-order valence-corrected chi connectivity index (χ4v) is 2.38. The molecule has 3 rings (SSSR count). The van der Waals surface area contributed by atoms with E-state index in [1.165, 1.54) is 11.1 Å². The Labute approximate surface area is 117 Å². The second-order valence-electron chi connectivity index (χ2n) is 4.66. The van der Waals surface area contributed by atoms with E-state index in [0.717, 1.165) is 32.0 Å². The number of fused-ring (bicyclic) bond motifs is 1. The minimum absolute atomic E-state index is 0.535. The van der Waals surface area contributed by atoms with E-state index in [1.54, 1.807) is 0 Å². The summed E-state index contributed by atoms with van der Waals surface area (Å²) in [5.74, 6) is 0.999. The zero-order valence-electron chi connectivity index (χ0n) is 10.6. The predicted octanol–water partition coefficient (Wildman–Crippen LogP) is 3.13. The number of rotatable bonds is 2. The molecule has 0 saturated carbocycles. The van der Waals surface area contributed by atoms with E-state index >= 15 is 0 Å². The van der Waals surface area contributed by atoms with Crippen molar-refractivity contribution in [2.75, 3.05) is 13.2 Å². The van der Waals surface area contributed by atoms with E-state index in [0.29, 0.717) is 5.15 Å². The van der Waals surface area contributed by atoms with Crippen LogP contribution in [-0.2, 0) is 13.1 Å². The molecule has 0 amide bonds. The summed E-state index contributed by atoms with van der Waals surface area (Å²) in [6, 6.07) is 12.1. The third-order valence-corrected chi connectivity index (χ3v) is 3.45. The van der Waals surface area contributed by atoms with Gasteiger partial charge in [-0.05, 0) is 17.7 Å². The van der Waals surface area contributed by atoms with Crippen LogP contribution in [0.2, 0.25) is 5.15 Å². The molecule has 1 aromatic heterocycles. The zero-order chi connectivity index (χ0) is 13.1. The normalized spacial score (nSPS) is 15.4. The molecule has 0 spiro atoms. The van der Waals surface area contributed by atoms with Crippen molar-refractivity contribution in [3.8, 4) is 5.75 Å². The van der Waals surface area contributed by atoms with Crippen molar-refractivity contribution in [3.05, 3.63) is 58.9 Å². The number of hydrogen-bond donors (Lipinski definition) is 0. The number of benzene rings is 1. The molecule has 0 aliphatic carbocycles. The Morgan fingerprint density at radius 2 is 2.11 bits per heavy atom. The third-order valence-electron chi connectivity index (χ3n) is 3.23. The first kappa shape index (κ1) is 12.5. The molecule has 0 radical (unpaired) electrons. The summed E-state index contributed by atoms with van der Waals surface area (Å²) in [5.41, 5.74) is 2.41. The van der Waals surface area contributed by atoms with E-state index in [4.69, 9.17) is 16.3 Å². The Morgan fingerprint density at radius 3 is 2.95 bits per heavy atom. The summed E-state index contributed by atoms with van der Waals surface area (Å²) in [6.45, 7) is 3.40. The monoisotopic (exact) mass is 274 g/mol. The first-order chi connectivity index (χ1) is 9.31. The van der Waals surface area contributed by atoms with Gasteiger partial charge in [-0.15, -0.1) is 0 Å². The Balaban J connectivity index is 1.74. The number of nitrogens with zero attached hydrogens (tertiary/aromatic N) is 2. The summed E-state index contributed by atoms with van der Waals surface area (Å²) in [5, 5.41) is 0.535. The fraction of sp³-hybridized carbons (Fsp3) is 0.267. The highest BCUT2D eigenvalue weighted by Gasteiger charge is 2.14. The lowest BCUT2D eigenvalue weighted by Crippen LogP contribution is -2.25. The highest BCUT2D eigenvalue weighted by atomic mass is 35.5. The first-order valence-corrected chi connectivity index (χ1v) is 6.72. The van der Waals surface area contributed by atoms with E-state index in [-0.39, 0.29) is 0 Å². The quantitative estimate of drug-likeness (QED) is 0.787. The maximum Gasteiger partial charge on any atom is 0.129 e. The van der Waals surface area contributed by atoms with E-state index < -0.39 is 0 Å².